The third kappa shape index (κ3) is 5.38. The first-order valence-corrected chi connectivity index (χ1v) is 5.44. The van der Waals surface area contributed by atoms with Gasteiger partial charge in [-0.05, 0) is 33.6 Å². The van der Waals surface area contributed by atoms with E-state index in [9.17, 15) is 13.2 Å². The van der Waals surface area contributed by atoms with Gasteiger partial charge >= 0.3 is 6.36 Å². The van der Waals surface area contributed by atoms with Crippen LogP contribution in [-0.2, 0) is 11.3 Å². The molecule has 1 aromatic carbocycles. The van der Waals surface area contributed by atoms with Crippen molar-refractivity contribution in [2.75, 3.05) is 13.2 Å². The van der Waals surface area contributed by atoms with E-state index < -0.39 is 13.0 Å². The molecule has 3 nitrogen and oxygen atoms in total. The maximum Gasteiger partial charge on any atom is 0.522 e. The molecule has 0 heterocycles. The molecule has 1 N–H and O–H groups in total. The van der Waals surface area contributed by atoms with Gasteiger partial charge in [0.25, 0.3) is 0 Å². The third-order valence-corrected chi connectivity index (χ3v) is 2.41. The second-order valence-corrected chi connectivity index (χ2v) is 3.92. The summed E-state index contributed by atoms with van der Waals surface area (Å²) in [5.41, 5.74) is 0.677. The van der Waals surface area contributed by atoms with Crippen LogP contribution in [0.25, 0.3) is 0 Å². The quantitative estimate of drug-likeness (QED) is 0.849. The molecule has 0 aliphatic rings. The second kappa shape index (κ2) is 6.23. The molecular weight excluding hydrogens is 305 g/mol. The molecule has 0 aliphatic carbocycles. The zero-order chi connectivity index (χ0) is 12.9. The third-order valence-electron chi connectivity index (χ3n) is 1.79. The summed E-state index contributed by atoms with van der Waals surface area (Å²) in [5, 5.41) is 8.85. The topological polar surface area (TPSA) is 38.7 Å². The minimum atomic E-state index is -4.64. The van der Waals surface area contributed by atoms with Crippen LogP contribution in [0.2, 0.25) is 0 Å². The first kappa shape index (κ1) is 14.3. The first-order chi connectivity index (χ1) is 7.92. The van der Waals surface area contributed by atoms with Crippen LogP contribution in [0.3, 0.4) is 0 Å². The maximum absolute atomic E-state index is 11.6. The van der Waals surface area contributed by atoms with E-state index in [-0.39, 0.29) is 13.2 Å². The zero-order valence-corrected chi connectivity index (χ0v) is 10.2. The van der Waals surface area contributed by atoms with Crippen molar-refractivity contribution in [3.05, 3.63) is 28.2 Å². The summed E-state index contributed by atoms with van der Waals surface area (Å²) >= 11 is 3.18. The van der Waals surface area contributed by atoms with E-state index in [1.54, 1.807) is 18.2 Å². The van der Waals surface area contributed by atoms with Crippen LogP contribution in [0.5, 0.6) is 5.75 Å². The van der Waals surface area contributed by atoms with Gasteiger partial charge in [0.15, 0.2) is 0 Å². The highest BCUT2D eigenvalue weighted by Crippen LogP contribution is 2.26. The molecule has 0 unspecified atom stereocenters. The fourth-order valence-electron chi connectivity index (χ4n) is 1.07. The van der Waals surface area contributed by atoms with Crippen molar-refractivity contribution in [1.29, 1.82) is 0 Å². The molecule has 0 saturated heterocycles. The average Bonchev–Trinajstić information content (AvgIpc) is 2.24. The molecule has 0 aliphatic heterocycles. The van der Waals surface area contributed by atoms with Crippen LogP contribution in [0.1, 0.15) is 5.56 Å². The summed E-state index contributed by atoms with van der Waals surface area (Å²) in [6.07, 6.45) is -4.64. The van der Waals surface area contributed by atoms with E-state index in [0.29, 0.717) is 15.8 Å². The lowest BCUT2D eigenvalue weighted by Crippen LogP contribution is -2.18. The Kier molecular flexibility index (Phi) is 5.23. The Morgan fingerprint density at radius 2 is 1.94 bits per heavy atom. The van der Waals surface area contributed by atoms with Gasteiger partial charge in [-0.1, -0.05) is 6.07 Å². The molecule has 0 atom stereocenters. The van der Waals surface area contributed by atoms with E-state index in [2.05, 4.69) is 20.7 Å². The van der Waals surface area contributed by atoms with Gasteiger partial charge in [-0.3, -0.25) is 4.74 Å². The Morgan fingerprint density at radius 1 is 1.24 bits per heavy atom. The van der Waals surface area contributed by atoms with Crippen molar-refractivity contribution >= 4 is 15.9 Å². The molecule has 96 valence electrons. The Bertz CT molecular complexity index is 368. The number of rotatable bonds is 5. The van der Waals surface area contributed by atoms with Crippen molar-refractivity contribution in [3.8, 4) is 5.75 Å². The van der Waals surface area contributed by atoms with E-state index in [4.69, 9.17) is 9.84 Å². The highest BCUT2D eigenvalue weighted by Gasteiger charge is 2.28. The SMILES string of the molecule is OCc1ccc(OCCOC(F)(F)F)c(Br)c1. The molecule has 1 rings (SSSR count). The number of hydrogen-bond donors (Lipinski definition) is 1. The van der Waals surface area contributed by atoms with Gasteiger partial charge in [0, 0.05) is 0 Å². The summed E-state index contributed by atoms with van der Waals surface area (Å²) in [7, 11) is 0. The standard InChI is InChI=1S/C10H10BrF3O3/c11-8-5-7(6-15)1-2-9(8)16-3-4-17-10(12,13)14/h1-2,5,15H,3-4,6H2. The molecule has 0 fully saturated rings. The number of halogens is 4. The molecule has 7 heteroatoms. The molecule has 0 saturated carbocycles. The summed E-state index contributed by atoms with van der Waals surface area (Å²) < 4.78 is 44.1. The largest absolute Gasteiger partial charge is 0.522 e. The van der Waals surface area contributed by atoms with Crippen molar-refractivity contribution in [3.63, 3.8) is 0 Å². The lowest BCUT2D eigenvalue weighted by molar-refractivity contribution is -0.325. The minimum absolute atomic E-state index is 0.115. The van der Waals surface area contributed by atoms with Gasteiger partial charge in [0.1, 0.15) is 12.4 Å². The van der Waals surface area contributed by atoms with E-state index in [0.717, 1.165) is 0 Å². The number of benzene rings is 1. The van der Waals surface area contributed by atoms with Crippen molar-refractivity contribution < 1.29 is 27.8 Å². The van der Waals surface area contributed by atoms with Gasteiger partial charge in [0.05, 0.1) is 17.7 Å². The van der Waals surface area contributed by atoms with Crippen LogP contribution in [-0.4, -0.2) is 24.7 Å². The van der Waals surface area contributed by atoms with Gasteiger partial charge in [-0.25, -0.2) is 0 Å². The normalized spacial score (nSPS) is 11.6. The van der Waals surface area contributed by atoms with Crippen molar-refractivity contribution in [1.82, 2.24) is 0 Å². The molecule has 17 heavy (non-hydrogen) atoms. The summed E-state index contributed by atoms with van der Waals surface area (Å²) in [5.74, 6) is 0.396. The molecule has 0 bridgehead atoms. The predicted molar refractivity (Wildman–Crippen MR) is 57.6 cm³/mol. The zero-order valence-electron chi connectivity index (χ0n) is 8.63. The highest BCUT2D eigenvalue weighted by atomic mass is 79.9. The first-order valence-electron chi connectivity index (χ1n) is 4.65. The van der Waals surface area contributed by atoms with E-state index in [1.165, 1.54) is 0 Å². The lowest BCUT2D eigenvalue weighted by atomic mass is 10.2. The molecule has 0 amide bonds. The number of aliphatic hydroxyl groups excluding tert-OH is 1. The van der Waals surface area contributed by atoms with Crippen LogP contribution in [0, 0.1) is 0 Å². The van der Waals surface area contributed by atoms with Crippen LogP contribution in [0.15, 0.2) is 22.7 Å². The fraction of sp³-hybridized carbons (Fsp3) is 0.400. The van der Waals surface area contributed by atoms with Gasteiger partial charge in [-0.2, -0.15) is 0 Å². The average molecular weight is 315 g/mol. The summed E-state index contributed by atoms with van der Waals surface area (Å²) in [4.78, 5) is 0. The van der Waals surface area contributed by atoms with Crippen molar-refractivity contribution in [2.24, 2.45) is 0 Å². The second-order valence-electron chi connectivity index (χ2n) is 3.07. The number of alkyl halides is 3. The van der Waals surface area contributed by atoms with Gasteiger partial charge in [0.2, 0.25) is 0 Å². The number of ether oxygens (including phenoxy) is 2. The van der Waals surface area contributed by atoms with Crippen LogP contribution >= 0.6 is 15.9 Å². The van der Waals surface area contributed by atoms with E-state index in [1.807, 2.05) is 0 Å². The molecule has 1 aromatic rings. The van der Waals surface area contributed by atoms with Crippen molar-refractivity contribution in [2.45, 2.75) is 13.0 Å². The molecule has 0 radical (unpaired) electrons. The fourth-order valence-corrected chi connectivity index (χ4v) is 1.61. The molecular formula is C10H10BrF3O3. The molecule has 0 aromatic heterocycles. The summed E-state index contributed by atoms with van der Waals surface area (Å²) in [6, 6.07) is 4.80. The minimum Gasteiger partial charge on any atom is -0.490 e. The number of aliphatic hydroxyl groups is 1. The Balaban J connectivity index is 2.42. The Labute approximate surface area is 104 Å². The monoisotopic (exact) mass is 314 g/mol. The van der Waals surface area contributed by atoms with E-state index >= 15 is 0 Å². The number of hydrogen-bond acceptors (Lipinski definition) is 3. The van der Waals surface area contributed by atoms with Crippen LogP contribution in [0.4, 0.5) is 13.2 Å². The van der Waals surface area contributed by atoms with Crippen LogP contribution < -0.4 is 4.74 Å². The highest BCUT2D eigenvalue weighted by molar-refractivity contribution is 9.10. The smallest absolute Gasteiger partial charge is 0.490 e. The summed E-state index contributed by atoms with van der Waals surface area (Å²) in [6.45, 7) is -0.898. The Hall–Kier alpha value is -0.790. The lowest BCUT2D eigenvalue weighted by Gasteiger charge is -2.10. The Morgan fingerprint density at radius 3 is 2.47 bits per heavy atom. The molecule has 0 spiro atoms. The maximum atomic E-state index is 11.6. The predicted octanol–water partition coefficient (Wildman–Crippen LogP) is 2.86. The van der Waals surface area contributed by atoms with Gasteiger partial charge in [-0.15, -0.1) is 13.2 Å². The van der Waals surface area contributed by atoms with Gasteiger partial charge < -0.3 is 9.84 Å².